The Hall–Kier alpha value is -3.06. The van der Waals surface area contributed by atoms with Gasteiger partial charge in [0.25, 0.3) is 5.79 Å². The Kier molecular flexibility index (Phi) is 4.27. The van der Waals surface area contributed by atoms with Crippen LogP contribution in [0.5, 0.6) is 5.75 Å². The quantitative estimate of drug-likeness (QED) is 0.356. The molecule has 1 aromatic heterocycles. The summed E-state index contributed by atoms with van der Waals surface area (Å²) < 4.78 is 17.2. The maximum atomic E-state index is 12.7. The van der Waals surface area contributed by atoms with E-state index in [1.54, 1.807) is 36.4 Å². The number of phenols is 1. The first-order chi connectivity index (χ1) is 13.2. The number of rotatable bonds is 2. The third kappa shape index (κ3) is 3.29. The second-order valence-corrected chi connectivity index (χ2v) is 7.68. The molecule has 28 heavy (non-hydrogen) atoms. The van der Waals surface area contributed by atoms with E-state index < -0.39 is 17.7 Å². The monoisotopic (exact) mass is 442 g/mol. The lowest BCUT2D eigenvalue weighted by molar-refractivity contribution is -0.222. The predicted molar refractivity (Wildman–Crippen MR) is 104 cm³/mol. The first kappa shape index (κ1) is 18.3. The minimum atomic E-state index is -1.35. The van der Waals surface area contributed by atoms with Crippen molar-refractivity contribution in [1.82, 2.24) is 0 Å². The molecule has 1 aliphatic heterocycles. The molecule has 3 aromatic rings. The molecule has 1 aliphatic rings. The van der Waals surface area contributed by atoms with E-state index in [2.05, 4.69) is 15.9 Å². The summed E-state index contributed by atoms with van der Waals surface area (Å²) in [7, 11) is 0. The van der Waals surface area contributed by atoms with Crippen molar-refractivity contribution in [1.29, 1.82) is 0 Å². The summed E-state index contributed by atoms with van der Waals surface area (Å²) in [6.07, 6.45) is 0. The summed E-state index contributed by atoms with van der Waals surface area (Å²) in [5.74, 6) is -2.56. The summed E-state index contributed by atoms with van der Waals surface area (Å²) in [5, 5.41) is 10.3. The van der Waals surface area contributed by atoms with E-state index in [4.69, 9.17) is 13.9 Å². The van der Waals surface area contributed by atoms with E-state index in [9.17, 15) is 14.7 Å². The van der Waals surface area contributed by atoms with Crippen molar-refractivity contribution in [2.45, 2.75) is 19.6 Å². The van der Waals surface area contributed by atoms with Crippen LogP contribution >= 0.6 is 15.9 Å². The number of carbonyl (C=O) groups is 2. The molecule has 6 nitrogen and oxygen atoms in total. The molecule has 0 atom stereocenters. The van der Waals surface area contributed by atoms with Gasteiger partial charge < -0.3 is 19.0 Å². The van der Waals surface area contributed by atoms with Crippen LogP contribution in [0.2, 0.25) is 0 Å². The molecule has 1 saturated heterocycles. The molecule has 7 heteroatoms. The fourth-order valence-corrected chi connectivity index (χ4v) is 3.30. The normalized spacial score (nSPS) is 16.0. The zero-order valence-electron chi connectivity index (χ0n) is 15.0. The summed E-state index contributed by atoms with van der Waals surface area (Å²) in [6, 6.07) is 13.4. The topological polar surface area (TPSA) is 86.0 Å². The van der Waals surface area contributed by atoms with Crippen molar-refractivity contribution in [3.05, 3.63) is 69.9 Å². The number of benzene rings is 2. The average Bonchev–Trinajstić information content (AvgIpc) is 3.00. The largest absolute Gasteiger partial charge is 0.508 e. The van der Waals surface area contributed by atoms with Crippen molar-refractivity contribution in [2.24, 2.45) is 0 Å². The molecule has 0 spiro atoms. The Morgan fingerprint density at radius 1 is 0.964 bits per heavy atom. The lowest BCUT2D eigenvalue weighted by atomic mass is 9.96. The van der Waals surface area contributed by atoms with Gasteiger partial charge in [-0.15, -0.1) is 0 Å². The standard InChI is InChI=1S/C21H15BrO6/c1-21(2)27-19(24)18(20(25)28-21)17(11-3-5-13(22)6-4-11)16-10-12-9-14(23)7-8-15(12)26-16/h3-10,23H,1-2H3. The van der Waals surface area contributed by atoms with Crippen molar-refractivity contribution >= 4 is 44.4 Å². The first-order valence-corrected chi connectivity index (χ1v) is 9.23. The van der Waals surface area contributed by atoms with Gasteiger partial charge in [-0.05, 0) is 42.0 Å². The Morgan fingerprint density at radius 2 is 1.61 bits per heavy atom. The molecule has 2 aromatic carbocycles. The van der Waals surface area contributed by atoms with E-state index >= 15 is 0 Å². The van der Waals surface area contributed by atoms with Gasteiger partial charge in [0.2, 0.25) is 0 Å². The van der Waals surface area contributed by atoms with Gasteiger partial charge in [0.1, 0.15) is 17.1 Å². The van der Waals surface area contributed by atoms with E-state index in [1.807, 2.05) is 0 Å². The molecule has 1 N–H and O–H groups in total. The van der Waals surface area contributed by atoms with Gasteiger partial charge in [0.15, 0.2) is 5.57 Å². The highest BCUT2D eigenvalue weighted by atomic mass is 79.9. The smallest absolute Gasteiger partial charge is 0.349 e. The van der Waals surface area contributed by atoms with Crippen molar-refractivity contribution < 1.29 is 28.6 Å². The number of halogens is 1. The van der Waals surface area contributed by atoms with Crippen LogP contribution in [0.1, 0.15) is 25.2 Å². The van der Waals surface area contributed by atoms with Gasteiger partial charge in [-0.25, -0.2) is 9.59 Å². The first-order valence-electron chi connectivity index (χ1n) is 8.43. The molecule has 142 valence electrons. The van der Waals surface area contributed by atoms with Crippen LogP contribution in [-0.4, -0.2) is 22.8 Å². The van der Waals surface area contributed by atoms with Gasteiger partial charge in [0, 0.05) is 29.3 Å². The number of carbonyl (C=O) groups excluding carboxylic acids is 2. The van der Waals surface area contributed by atoms with Crippen LogP contribution in [0.3, 0.4) is 0 Å². The fourth-order valence-electron chi connectivity index (χ4n) is 3.04. The lowest BCUT2D eigenvalue weighted by Crippen LogP contribution is -2.42. The summed E-state index contributed by atoms with van der Waals surface area (Å²) in [5.41, 5.74) is 1.09. The van der Waals surface area contributed by atoms with Crippen LogP contribution in [-0.2, 0) is 19.1 Å². The molecule has 2 heterocycles. The summed E-state index contributed by atoms with van der Waals surface area (Å²) >= 11 is 3.37. The maximum Gasteiger partial charge on any atom is 0.349 e. The number of phenolic OH excluding ortho intramolecular Hbond substituents is 1. The highest BCUT2D eigenvalue weighted by Gasteiger charge is 2.41. The number of cyclic esters (lactones) is 2. The number of fused-ring (bicyclic) bond motifs is 1. The SMILES string of the molecule is CC1(C)OC(=O)C(=C(c2ccc(Br)cc2)c2cc3cc(O)ccc3o2)C(=O)O1. The zero-order valence-corrected chi connectivity index (χ0v) is 16.6. The minimum Gasteiger partial charge on any atom is -0.508 e. The Morgan fingerprint density at radius 3 is 2.25 bits per heavy atom. The van der Waals surface area contributed by atoms with Crippen molar-refractivity contribution in [3.63, 3.8) is 0 Å². The van der Waals surface area contributed by atoms with Crippen LogP contribution in [0.15, 0.2) is 63.0 Å². The highest BCUT2D eigenvalue weighted by molar-refractivity contribution is 9.10. The van der Waals surface area contributed by atoms with Gasteiger partial charge in [0.05, 0.1) is 0 Å². The second kappa shape index (κ2) is 6.53. The number of ether oxygens (including phenoxy) is 2. The third-order valence-electron chi connectivity index (χ3n) is 4.21. The van der Waals surface area contributed by atoms with Gasteiger partial charge >= 0.3 is 11.9 Å². The van der Waals surface area contributed by atoms with E-state index in [0.29, 0.717) is 16.5 Å². The Bertz CT molecular complexity index is 1120. The fraction of sp³-hybridized carbons (Fsp3) is 0.143. The molecule has 0 bridgehead atoms. The van der Waals surface area contributed by atoms with Gasteiger partial charge in [-0.1, -0.05) is 28.1 Å². The number of furan rings is 1. The third-order valence-corrected chi connectivity index (χ3v) is 4.74. The van der Waals surface area contributed by atoms with Crippen molar-refractivity contribution in [3.8, 4) is 5.75 Å². The molecule has 0 radical (unpaired) electrons. The average molecular weight is 443 g/mol. The second-order valence-electron chi connectivity index (χ2n) is 6.77. The Labute approximate surface area is 168 Å². The number of esters is 2. The van der Waals surface area contributed by atoms with E-state index in [0.717, 1.165) is 4.47 Å². The van der Waals surface area contributed by atoms with Gasteiger partial charge in [-0.2, -0.15) is 0 Å². The lowest BCUT2D eigenvalue weighted by Gasteiger charge is -2.30. The van der Waals surface area contributed by atoms with Crippen molar-refractivity contribution in [2.75, 3.05) is 0 Å². The van der Waals surface area contributed by atoms with Crippen LogP contribution in [0, 0.1) is 0 Å². The van der Waals surface area contributed by atoms with Gasteiger partial charge in [-0.3, -0.25) is 0 Å². The minimum absolute atomic E-state index is 0.0796. The van der Waals surface area contributed by atoms with Crippen LogP contribution < -0.4 is 0 Å². The Balaban J connectivity index is 1.97. The zero-order chi connectivity index (χ0) is 20.1. The molecule has 0 aliphatic carbocycles. The molecular formula is C21H15BrO6. The van der Waals surface area contributed by atoms with E-state index in [-0.39, 0.29) is 22.7 Å². The predicted octanol–water partition coefficient (Wildman–Crippen LogP) is 4.54. The van der Waals surface area contributed by atoms with Crippen LogP contribution in [0.25, 0.3) is 16.5 Å². The molecular weight excluding hydrogens is 428 g/mol. The summed E-state index contributed by atoms with van der Waals surface area (Å²) in [6.45, 7) is 2.98. The molecule has 1 fully saturated rings. The molecule has 0 unspecified atom stereocenters. The molecule has 4 rings (SSSR count). The maximum absolute atomic E-state index is 12.7. The molecule has 0 saturated carbocycles. The summed E-state index contributed by atoms with van der Waals surface area (Å²) in [4.78, 5) is 25.3. The highest BCUT2D eigenvalue weighted by Crippen LogP contribution is 2.36. The number of hydrogen-bond donors (Lipinski definition) is 1. The number of aromatic hydroxyl groups is 1. The molecule has 0 amide bonds. The number of hydrogen-bond acceptors (Lipinski definition) is 6. The van der Waals surface area contributed by atoms with Crippen LogP contribution in [0.4, 0.5) is 0 Å². The van der Waals surface area contributed by atoms with E-state index in [1.165, 1.54) is 26.0 Å².